The number of nitrogens with one attached hydrogen (secondary N) is 1. The maximum absolute atomic E-state index is 12.8. The van der Waals surface area contributed by atoms with Gasteiger partial charge in [-0.15, -0.1) is 0 Å². The van der Waals surface area contributed by atoms with E-state index in [9.17, 15) is 22.0 Å². The first-order valence-corrected chi connectivity index (χ1v) is 10.0. The van der Waals surface area contributed by atoms with Crippen LogP contribution in [0.15, 0.2) is 29.4 Å². The minimum Gasteiger partial charge on any atom is -0.339 e. The van der Waals surface area contributed by atoms with E-state index in [0.29, 0.717) is 11.0 Å². The normalized spacial score (nSPS) is 17.8. The molecule has 1 aliphatic heterocycles. The molecular weight excluding hydrogens is 374 g/mol. The zero-order chi connectivity index (χ0) is 18.0. The summed E-state index contributed by atoms with van der Waals surface area (Å²) >= 11 is 0.283. The van der Waals surface area contributed by atoms with Crippen LogP contribution in [0.3, 0.4) is 0 Å². The maximum Gasteiger partial charge on any atom is 0.291 e. The SMILES string of the molecule is O=C(Cn1c(SC(F)F)nc2ccccc21)N1CCNS(=O)(=O)CC1. The van der Waals surface area contributed by atoms with Gasteiger partial charge in [-0.3, -0.25) is 4.79 Å². The van der Waals surface area contributed by atoms with Crippen LogP contribution in [-0.2, 0) is 21.4 Å². The fraction of sp³-hybridized carbons (Fsp3) is 0.429. The summed E-state index contributed by atoms with van der Waals surface area (Å²) in [5, 5.41) is 0.0603. The number of aromatic nitrogens is 2. The van der Waals surface area contributed by atoms with Crippen molar-refractivity contribution in [3.63, 3.8) is 0 Å². The Labute approximate surface area is 147 Å². The largest absolute Gasteiger partial charge is 0.339 e. The Morgan fingerprint density at radius 1 is 1.32 bits per heavy atom. The van der Waals surface area contributed by atoms with E-state index in [0.717, 1.165) is 0 Å². The van der Waals surface area contributed by atoms with Gasteiger partial charge in [-0.1, -0.05) is 12.1 Å². The number of carbonyl (C=O) groups is 1. The van der Waals surface area contributed by atoms with E-state index in [1.807, 2.05) is 0 Å². The first-order chi connectivity index (χ1) is 11.9. The van der Waals surface area contributed by atoms with Crippen LogP contribution in [0, 0.1) is 0 Å². The van der Waals surface area contributed by atoms with Gasteiger partial charge in [-0.25, -0.2) is 18.1 Å². The van der Waals surface area contributed by atoms with Crippen LogP contribution in [0.25, 0.3) is 11.0 Å². The molecule has 0 bridgehead atoms. The van der Waals surface area contributed by atoms with E-state index in [2.05, 4.69) is 9.71 Å². The maximum atomic E-state index is 12.8. The molecule has 25 heavy (non-hydrogen) atoms. The van der Waals surface area contributed by atoms with Gasteiger partial charge < -0.3 is 9.47 Å². The molecule has 1 N–H and O–H groups in total. The van der Waals surface area contributed by atoms with Crippen molar-refractivity contribution >= 4 is 38.7 Å². The fourth-order valence-corrected chi connectivity index (χ4v) is 4.22. The summed E-state index contributed by atoms with van der Waals surface area (Å²) in [7, 11) is -3.37. The predicted molar refractivity (Wildman–Crippen MR) is 90.0 cm³/mol. The van der Waals surface area contributed by atoms with Gasteiger partial charge in [0, 0.05) is 19.6 Å². The van der Waals surface area contributed by atoms with Gasteiger partial charge in [0.15, 0.2) is 5.16 Å². The Balaban J connectivity index is 1.85. The van der Waals surface area contributed by atoms with Crippen molar-refractivity contribution in [3.05, 3.63) is 24.3 Å². The molecule has 0 aliphatic carbocycles. The monoisotopic (exact) mass is 390 g/mol. The van der Waals surface area contributed by atoms with Crippen molar-refractivity contribution in [2.24, 2.45) is 0 Å². The van der Waals surface area contributed by atoms with Gasteiger partial charge in [0.1, 0.15) is 6.54 Å². The number of amides is 1. The third-order valence-electron chi connectivity index (χ3n) is 3.79. The highest BCUT2D eigenvalue weighted by atomic mass is 32.2. The molecule has 2 aromatic rings. The highest BCUT2D eigenvalue weighted by Crippen LogP contribution is 2.28. The van der Waals surface area contributed by atoms with Gasteiger partial charge in [0.2, 0.25) is 15.9 Å². The summed E-state index contributed by atoms with van der Waals surface area (Å²) in [4.78, 5) is 18.1. The number of halogens is 2. The molecule has 136 valence electrons. The van der Waals surface area contributed by atoms with Crippen molar-refractivity contribution in [1.82, 2.24) is 19.2 Å². The second-order valence-electron chi connectivity index (χ2n) is 5.44. The summed E-state index contributed by atoms with van der Waals surface area (Å²) < 4.78 is 52.5. The lowest BCUT2D eigenvalue weighted by Crippen LogP contribution is -2.37. The number of carbonyl (C=O) groups excluding carboxylic acids is 1. The lowest BCUT2D eigenvalue weighted by molar-refractivity contribution is -0.131. The van der Waals surface area contributed by atoms with Gasteiger partial charge in [-0.2, -0.15) is 8.78 Å². The van der Waals surface area contributed by atoms with E-state index in [-0.39, 0.29) is 54.8 Å². The van der Waals surface area contributed by atoms with Gasteiger partial charge in [-0.05, 0) is 23.9 Å². The minimum atomic E-state index is -3.37. The topological polar surface area (TPSA) is 84.3 Å². The van der Waals surface area contributed by atoms with Crippen LogP contribution in [-0.4, -0.2) is 59.9 Å². The Bertz CT molecular complexity index is 885. The highest BCUT2D eigenvalue weighted by Gasteiger charge is 2.24. The van der Waals surface area contributed by atoms with Gasteiger partial charge >= 0.3 is 0 Å². The van der Waals surface area contributed by atoms with E-state index in [4.69, 9.17) is 0 Å². The van der Waals surface area contributed by atoms with Crippen LogP contribution >= 0.6 is 11.8 Å². The smallest absolute Gasteiger partial charge is 0.291 e. The molecule has 0 spiro atoms. The molecule has 1 saturated heterocycles. The summed E-state index contributed by atoms with van der Waals surface area (Å²) in [6.45, 7) is 0.271. The summed E-state index contributed by atoms with van der Waals surface area (Å²) in [6, 6.07) is 6.88. The first-order valence-electron chi connectivity index (χ1n) is 7.51. The summed E-state index contributed by atoms with van der Waals surface area (Å²) in [5.74, 6) is -3.17. The number of nitrogens with zero attached hydrogens (tertiary/aromatic N) is 3. The third kappa shape index (κ3) is 4.28. The Morgan fingerprint density at radius 2 is 2.08 bits per heavy atom. The first kappa shape index (κ1) is 18.1. The molecule has 0 radical (unpaired) electrons. The molecule has 1 aromatic carbocycles. The number of alkyl halides is 2. The van der Waals surface area contributed by atoms with Crippen LogP contribution in [0.1, 0.15) is 0 Å². The Morgan fingerprint density at radius 3 is 2.84 bits per heavy atom. The lowest BCUT2D eigenvalue weighted by atomic mass is 10.3. The van der Waals surface area contributed by atoms with Crippen LogP contribution in [0.4, 0.5) is 8.78 Å². The molecule has 0 unspecified atom stereocenters. The van der Waals surface area contributed by atoms with Gasteiger partial charge in [0.05, 0.1) is 16.8 Å². The molecule has 2 heterocycles. The summed E-state index contributed by atoms with van der Waals surface area (Å²) in [5.41, 5.74) is 1.11. The summed E-state index contributed by atoms with van der Waals surface area (Å²) in [6.07, 6.45) is 0. The molecule has 11 heteroatoms. The minimum absolute atomic E-state index is 0.0603. The molecule has 1 aromatic heterocycles. The van der Waals surface area contributed by atoms with E-state index in [1.165, 1.54) is 9.47 Å². The Kier molecular flexibility index (Phi) is 5.25. The molecule has 1 fully saturated rings. The number of sulfonamides is 1. The van der Waals surface area contributed by atoms with Crippen LogP contribution in [0.5, 0.6) is 0 Å². The second kappa shape index (κ2) is 7.26. The average molecular weight is 390 g/mol. The van der Waals surface area contributed by atoms with E-state index in [1.54, 1.807) is 24.3 Å². The Hall–Kier alpha value is -1.72. The quantitative estimate of drug-likeness (QED) is 0.791. The number of fused-ring (bicyclic) bond motifs is 1. The fourth-order valence-electron chi connectivity index (χ4n) is 2.61. The molecule has 1 aliphatic rings. The predicted octanol–water partition coefficient (Wildman–Crippen LogP) is 1.11. The molecule has 1 amide bonds. The van der Waals surface area contributed by atoms with Crippen molar-refractivity contribution < 1.29 is 22.0 Å². The van der Waals surface area contributed by atoms with Crippen LogP contribution in [0.2, 0.25) is 0 Å². The highest BCUT2D eigenvalue weighted by molar-refractivity contribution is 7.99. The number of rotatable bonds is 4. The molecular formula is C14H16F2N4O3S2. The van der Waals surface area contributed by atoms with Crippen molar-refractivity contribution in [2.45, 2.75) is 17.5 Å². The van der Waals surface area contributed by atoms with E-state index >= 15 is 0 Å². The molecule has 0 saturated carbocycles. The van der Waals surface area contributed by atoms with Gasteiger partial charge in [0.25, 0.3) is 5.76 Å². The number of para-hydroxylation sites is 2. The standard InChI is InChI=1S/C14H16F2N4O3S2/c15-13(16)24-14-18-10-3-1-2-4-11(10)20(14)9-12(21)19-6-5-17-25(22,23)8-7-19/h1-4,13,17H,5-9H2. The molecule has 0 atom stereocenters. The van der Waals surface area contributed by atoms with Crippen molar-refractivity contribution in [3.8, 4) is 0 Å². The van der Waals surface area contributed by atoms with Crippen molar-refractivity contribution in [1.29, 1.82) is 0 Å². The third-order valence-corrected chi connectivity index (χ3v) is 5.86. The number of imidazole rings is 1. The molecule has 7 nitrogen and oxygen atoms in total. The lowest BCUT2D eigenvalue weighted by Gasteiger charge is -2.20. The number of hydrogen-bond donors (Lipinski definition) is 1. The second-order valence-corrected chi connectivity index (χ2v) is 8.33. The zero-order valence-electron chi connectivity index (χ0n) is 13.1. The van der Waals surface area contributed by atoms with Crippen LogP contribution < -0.4 is 4.72 Å². The molecule has 3 rings (SSSR count). The number of thioether (sulfide) groups is 1. The van der Waals surface area contributed by atoms with E-state index < -0.39 is 15.8 Å². The zero-order valence-corrected chi connectivity index (χ0v) is 14.7. The average Bonchev–Trinajstić information content (AvgIpc) is 2.75. The number of benzene rings is 1. The number of hydrogen-bond acceptors (Lipinski definition) is 5. The van der Waals surface area contributed by atoms with Crippen molar-refractivity contribution in [2.75, 3.05) is 25.4 Å².